The Kier molecular flexibility index (Phi) is 4.73. The maximum Gasteiger partial charge on any atom is 0.316 e. The summed E-state index contributed by atoms with van der Waals surface area (Å²) in [7, 11) is 0. The number of carbonyl (C=O) groups is 1. The topological polar surface area (TPSA) is 95.8 Å². The van der Waals surface area contributed by atoms with Crippen molar-refractivity contribution in [3.63, 3.8) is 0 Å². The van der Waals surface area contributed by atoms with E-state index in [9.17, 15) is 4.79 Å². The Morgan fingerprint density at radius 1 is 1.40 bits per heavy atom. The lowest BCUT2D eigenvalue weighted by molar-refractivity contribution is 0.259. The van der Waals surface area contributed by atoms with E-state index >= 15 is 0 Å². The highest BCUT2D eigenvalue weighted by atomic mass is 16.2. The standard InChI is InChI=1S/C14H19N5O/c1-10(17-7-6-13-8-16-9-18-13)11-2-4-12(5-3-11)19-14(15)20/h2-5,8-10,17H,6-7H2,1H3,(H,16,18)(H3,15,19,20). The fourth-order valence-electron chi connectivity index (χ4n) is 1.96. The summed E-state index contributed by atoms with van der Waals surface area (Å²) in [6.45, 7) is 2.97. The van der Waals surface area contributed by atoms with Crippen molar-refractivity contribution in [2.24, 2.45) is 5.73 Å². The number of imidazole rings is 1. The van der Waals surface area contributed by atoms with Crippen molar-refractivity contribution in [2.45, 2.75) is 19.4 Å². The molecule has 0 aliphatic carbocycles. The SMILES string of the molecule is CC(NCCc1cnc[nH]1)c1ccc(NC(N)=O)cc1. The van der Waals surface area contributed by atoms with Gasteiger partial charge in [0.25, 0.3) is 0 Å². The Morgan fingerprint density at radius 3 is 2.75 bits per heavy atom. The number of benzene rings is 1. The van der Waals surface area contributed by atoms with E-state index in [1.165, 1.54) is 0 Å². The lowest BCUT2D eigenvalue weighted by Gasteiger charge is -2.14. The minimum atomic E-state index is -0.552. The third kappa shape index (κ3) is 4.10. The smallest absolute Gasteiger partial charge is 0.316 e. The van der Waals surface area contributed by atoms with Crippen molar-refractivity contribution in [1.82, 2.24) is 15.3 Å². The average molecular weight is 273 g/mol. The minimum Gasteiger partial charge on any atom is -0.351 e. The van der Waals surface area contributed by atoms with Gasteiger partial charge in [0.1, 0.15) is 0 Å². The molecule has 6 nitrogen and oxygen atoms in total. The maximum atomic E-state index is 10.7. The molecule has 2 rings (SSSR count). The second-order valence-electron chi connectivity index (χ2n) is 4.61. The van der Waals surface area contributed by atoms with Crippen molar-refractivity contribution >= 4 is 11.7 Å². The summed E-state index contributed by atoms with van der Waals surface area (Å²) in [6.07, 6.45) is 4.42. The van der Waals surface area contributed by atoms with Crippen LogP contribution in [-0.4, -0.2) is 22.5 Å². The highest BCUT2D eigenvalue weighted by molar-refractivity contribution is 5.87. The van der Waals surface area contributed by atoms with E-state index in [-0.39, 0.29) is 6.04 Å². The largest absolute Gasteiger partial charge is 0.351 e. The fraction of sp³-hybridized carbons (Fsp3) is 0.286. The maximum absolute atomic E-state index is 10.7. The van der Waals surface area contributed by atoms with Crippen LogP contribution in [0.1, 0.15) is 24.2 Å². The zero-order chi connectivity index (χ0) is 14.4. The van der Waals surface area contributed by atoms with Crippen LogP contribution in [0.4, 0.5) is 10.5 Å². The van der Waals surface area contributed by atoms with Crippen LogP contribution in [0.5, 0.6) is 0 Å². The number of aromatic amines is 1. The molecule has 2 aromatic rings. The number of carbonyl (C=O) groups excluding carboxylic acids is 1. The van der Waals surface area contributed by atoms with Crippen molar-refractivity contribution in [1.29, 1.82) is 0 Å². The number of nitrogens with one attached hydrogen (secondary N) is 3. The molecule has 1 heterocycles. The van der Waals surface area contributed by atoms with Gasteiger partial charge >= 0.3 is 6.03 Å². The summed E-state index contributed by atoms with van der Waals surface area (Å²) in [5.41, 5.74) is 8.04. The van der Waals surface area contributed by atoms with Gasteiger partial charge < -0.3 is 21.4 Å². The van der Waals surface area contributed by atoms with Crippen LogP contribution < -0.4 is 16.4 Å². The number of urea groups is 1. The van der Waals surface area contributed by atoms with Gasteiger partial charge in [-0.3, -0.25) is 0 Å². The quantitative estimate of drug-likeness (QED) is 0.646. The van der Waals surface area contributed by atoms with Crippen molar-refractivity contribution in [2.75, 3.05) is 11.9 Å². The van der Waals surface area contributed by atoms with E-state index in [0.29, 0.717) is 5.69 Å². The van der Waals surface area contributed by atoms with Crippen LogP contribution in [0.2, 0.25) is 0 Å². The summed E-state index contributed by atoms with van der Waals surface area (Å²) in [5, 5.41) is 5.98. The summed E-state index contributed by atoms with van der Waals surface area (Å²) in [6, 6.07) is 7.31. The van der Waals surface area contributed by atoms with Crippen LogP contribution in [0.3, 0.4) is 0 Å². The number of nitrogens with zero attached hydrogens (tertiary/aromatic N) is 1. The Morgan fingerprint density at radius 2 is 2.15 bits per heavy atom. The van der Waals surface area contributed by atoms with Crippen LogP contribution in [0.25, 0.3) is 0 Å². The van der Waals surface area contributed by atoms with Crippen LogP contribution >= 0.6 is 0 Å². The number of aromatic nitrogens is 2. The van der Waals surface area contributed by atoms with Gasteiger partial charge in [-0.05, 0) is 24.6 Å². The monoisotopic (exact) mass is 273 g/mol. The number of hydrogen-bond donors (Lipinski definition) is 4. The molecule has 0 aliphatic rings. The van der Waals surface area contributed by atoms with Crippen LogP contribution in [-0.2, 0) is 6.42 Å². The zero-order valence-electron chi connectivity index (χ0n) is 11.4. The summed E-state index contributed by atoms with van der Waals surface area (Å²) >= 11 is 0. The van der Waals surface area contributed by atoms with E-state index in [2.05, 4.69) is 27.5 Å². The third-order valence-electron chi connectivity index (χ3n) is 3.08. The summed E-state index contributed by atoms with van der Waals surface area (Å²) < 4.78 is 0. The minimum absolute atomic E-state index is 0.237. The highest BCUT2D eigenvalue weighted by Gasteiger charge is 2.05. The first-order chi connectivity index (χ1) is 9.65. The Hall–Kier alpha value is -2.34. The Labute approximate surface area is 117 Å². The molecular weight excluding hydrogens is 254 g/mol. The number of hydrogen-bond acceptors (Lipinski definition) is 3. The number of anilines is 1. The second-order valence-corrected chi connectivity index (χ2v) is 4.61. The molecule has 1 unspecified atom stereocenters. The van der Waals surface area contributed by atoms with Gasteiger partial charge in [0.15, 0.2) is 0 Å². The first-order valence-electron chi connectivity index (χ1n) is 6.52. The molecule has 0 saturated carbocycles. The molecule has 0 saturated heterocycles. The molecule has 1 atom stereocenters. The molecule has 0 fully saturated rings. The number of primary amides is 1. The second kappa shape index (κ2) is 6.72. The van der Waals surface area contributed by atoms with Gasteiger partial charge in [0, 0.05) is 36.6 Å². The predicted molar refractivity (Wildman–Crippen MR) is 78.4 cm³/mol. The summed E-state index contributed by atoms with van der Waals surface area (Å²) in [5.74, 6) is 0. The molecule has 5 N–H and O–H groups in total. The van der Waals surface area contributed by atoms with Gasteiger partial charge in [0.2, 0.25) is 0 Å². The molecule has 20 heavy (non-hydrogen) atoms. The van der Waals surface area contributed by atoms with Gasteiger partial charge in [-0.25, -0.2) is 9.78 Å². The molecule has 2 amide bonds. The normalized spacial score (nSPS) is 12.1. The van der Waals surface area contributed by atoms with Crippen molar-refractivity contribution < 1.29 is 4.79 Å². The molecule has 0 radical (unpaired) electrons. The molecule has 106 valence electrons. The molecule has 6 heteroatoms. The van der Waals surface area contributed by atoms with Crippen LogP contribution in [0.15, 0.2) is 36.8 Å². The number of H-pyrrole nitrogens is 1. The van der Waals surface area contributed by atoms with Gasteiger partial charge in [0.05, 0.1) is 6.33 Å². The van der Waals surface area contributed by atoms with Gasteiger partial charge in [-0.2, -0.15) is 0 Å². The predicted octanol–water partition coefficient (Wildman–Crippen LogP) is 1.79. The number of amides is 2. The van der Waals surface area contributed by atoms with E-state index in [4.69, 9.17) is 5.73 Å². The average Bonchev–Trinajstić information content (AvgIpc) is 2.92. The molecular formula is C14H19N5O. The number of rotatable bonds is 6. The third-order valence-corrected chi connectivity index (χ3v) is 3.08. The summed E-state index contributed by atoms with van der Waals surface area (Å²) in [4.78, 5) is 17.8. The number of nitrogens with two attached hydrogens (primary N) is 1. The zero-order valence-corrected chi connectivity index (χ0v) is 11.4. The molecule has 0 spiro atoms. The van der Waals surface area contributed by atoms with Gasteiger partial charge in [-0.15, -0.1) is 0 Å². The van der Waals surface area contributed by atoms with E-state index in [1.807, 2.05) is 30.5 Å². The first kappa shape index (κ1) is 14.1. The lowest BCUT2D eigenvalue weighted by atomic mass is 10.1. The van der Waals surface area contributed by atoms with E-state index in [1.54, 1.807) is 6.33 Å². The first-order valence-corrected chi connectivity index (χ1v) is 6.52. The van der Waals surface area contributed by atoms with Crippen molar-refractivity contribution in [3.05, 3.63) is 48.0 Å². The van der Waals surface area contributed by atoms with E-state index in [0.717, 1.165) is 24.2 Å². The molecule has 1 aromatic carbocycles. The molecule has 0 aliphatic heterocycles. The molecule has 0 bridgehead atoms. The highest BCUT2D eigenvalue weighted by Crippen LogP contribution is 2.15. The van der Waals surface area contributed by atoms with E-state index < -0.39 is 6.03 Å². The molecule has 1 aromatic heterocycles. The lowest BCUT2D eigenvalue weighted by Crippen LogP contribution is -2.22. The Bertz CT molecular complexity index is 535. The van der Waals surface area contributed by atoms with Crippen molar-refractivity contribution in [3.8, 4) is 0 Å². The fourth-order valence-corrected chi connectivity index (χ4v) is 1.96. The van der Waals surface area contributed by atoms with Gasteiger partial charge in [-0.1, -0.05) is 12.1 Å². The Balaban J connectivity index is 1.82. The van der Waals surface area contributed by atoms with Crippen LogP contribution in [0, 0.1) is 0 Å².